The summed E-state index contributed by atoms with van der Waals surface area (Å²) in [5, 5.41) is 11.9. The molecule has 20 heavy (non-hydrogen) atoms. The Labute approximate surface area is 117 Å². The second-order valence-corrected chi connectivity index (χ2v) is 5.18. The van der Waals surface area contributed by atoms with E-state index >= 15 is 0 Å². The zero-order valence-electron chi connectivity index (χ0n) is 11.5. The number of rotatable bonds is 4. The minimum absolute atomic E-state index is 0.0524. The minimum Gasteiger partial charge on any atom is -0.493 e. The van der Waals surface area contributed by atoms with Gasteiger partial charge in [0.2, 0.25) is 5.92 Å². The highest BCUT2D eigenvalue weighted by atomic mass is 19.3. The molecule has 3 nitrogen and oxygen atoms in total. The quantitative estimate of drug-likeness (QED) is 0.912. The van der Waals surface area contributed by atoms with Crippen molar-refractivity contribution < 1.29 is 13.5 Å². The van der Waals surface area contributed by atoms with Crippen LogP contribution in [-0.4, -0.2) is 19.6 Å². The monoisotopic (exact) mass is 280 g/mol. The van der Waals surface area contributed by atoms with Gasteiger partial charge in [0.05, 0.1) is 17.9 Å². The number of benzene rings is 1. The first-order valence-electron chi connectivity index (χ1n) is 6.76. The van der Waals surface area contributed by atoms with Crippen LogP contribution in [0, 0.1) is 17.2 Å². The van der Waals surface area contributed by atoms with E-state index in [2.05, 4.69) is 11.4 Å². The van der Waals surface area contributed by atoms with Gasteiger partial charge in [0.15, 0.2) is 0 Å². The first kappa shape index (κ1) is 14.6. The Balaban J connectivity index is 1.90. The van der Waals surface area contributed by atoms with Crippen molar-refractivity contribution >= 4 is 5.69 Å². The molecule has 1 fully saturated rings. The SMILES string of the molecule is CNc1ccc(OCC2CCC(F)(F)CC2)cc1C#N. The van der Waals surface area contributed by atoms with Crippen molar-refractivity contribution in [2.45, 2.75) is 31.6 Å². The molecule has 0 amide bonds. The van der Waals surface area contributed by atoms with E-state index in [1.54, 1.807) is 25.2 Å². The van der Waals surface area contributed by atoms with Crippen LogP contribution in [0.25, 0.3) is 0 Å². The van der Waals surface area contributed by atoms with Gasteiger partial charge in [-0.2, -0.15) is 5.26 Å². The summed E-state index contributed by atoms with van der Waals surface area (Å²) in [5.41, 5.74) is 1.26. The summed E-state index contributed by atoms with van der Waals surface area (Å²) in [6.45, 7) is 0.430. The fourth-order valence-corrected chi connectivity index (χ4v) is 2.40. The highest BCUT2D eigenvalue weighted by Crippen LogP contribution is 2.36. The Morgan fingerprint density at radius 2 is 2.10 bits per heavy atom. The summed E-state index contributed by atoms with van der Waals surface area (Å²) in [4.78, 5) is 0. The summed E-state index contributed by atoms with van der Waals surface area (Å²) < 4.78 is 31.7. The van der Waals surface area contributed by atoms with Gasteiger partial charge in [0.1, 0.15) is 11.8 Å². The first-order valence-corrected chi connectivity index (χ1v) is 6.76. The van der Waals surface area contributed by atoms with E-state index < -0.39 is 5.92 Å². The molecule has 2 rings (SSSR count). The molecule has 1 aromatic carbocycles. The number of hydrogen-bond acceptors (Lipinski definition) is 3. The number of nitriles is 1. The molecule has 1 aliphatic rings. The van der Waals surface area contributed by atoms with Crippen LogP contribution in [-0.2, 0) is 0 Å². The molecule has 108 valence electrons. The predicted octanol–water partition coefficient (Wildman–Crippen LogP) is 3.80. The van der Waals surface area contributed by atoms with E-state index in [9.17, 15) is 8.78 Å². The lowest BCUT2D eigenvalue weighted by Gasteiger charge is -2.28. The van der Waals surface area contributed by atoms with Gasteiger partial charge in [-0.1, -0.05) is 0 Å². The normalized spacial score (nSPS) is 18.3. The Bertz CT molecular complexity index is 501. The third-order valence-corrected chi connectivity index (χ3v) is 3.70. The van der Waals surface area contributed by atoms with Gasteiger partial charge in [-0.05, 0) is 37.0 Å². The van der Waals surface area contributed by atoms with Crippen molar-refractivity contribution in [3.05, 3.63) is 23.8 Å². The van der Waals surface area contributed by atoms with Gasteiger partial charge in [-0.15, -0.1) is 0 Å². The largest absolute Gasteiger partial charge is 0.493 e. The predicted molar refractivity (Wildman–Crippen MR) is 73.1 cm³/mol. The van der Waals surface area contributed by atoms with Crippen molar-refractivity contribution in [1.29, 1.82) is 5.26 Å². The molecule has 1 aliphatic carbocycles. The molecule has 0 heterocycles. The van der Waals surface area contributed by atoms with Gasteiger partial charge in [0.25, 0.3) is 0 Å². The van der Waals surface area contributed by atoms with E-state index in [0.29, 0.717) is 30.8 Å². The highest BCUT2D eigenvalue weighted by molar-refractivity contribution is 5.59. The summed E-state index contributed by atoms with van der Waals surface area (Å²) in [6, 6.07) is 7.33. The lowest BCUT2D eigenvalue weighted by molar-refractivity contribution is -0.0498. The lowest BCUT2D eigenvalue weighted by Crippen LogP contribution is -2.27. The number of nitrogens with zero attached hydrogens (tertiary/aromatic N) is 1. The van der Waals surface area contributed by atoms with Gasteiger partial charge in [0, 0.05) is 19.9 Å². The van der Waals surface area contributed by atoms with E-state index in [1.807, 2.05) is 0 Å². The van der Waals surface area contributed by atoms with Gasteiger partial charge in [-0.3, -0.25) is 0 Å². The molecule has 1 saturated carbocycles. The molecule has 0 bridgehead atoms. The molecule has 0 unspecified atom stereocenters. The van der Waals surface area contributed by atoms with Crippen molar-refractivity contribution in [2.24, 2.45) is 5.92 Å². The average Bonchev–Trinajstić information content (AvgIpc) is 2.45. The molecular formula is C15H18F2N2O. The standard InChI is InChI=1S/C15H18F2N2O/c1-19-14-3-2-13(8-12(14)9-18)20-10-11-4-6-15(16,17)7-5-11/h2-3,8,11,19H,4-7,10H2,1H3. The summed E-state index contributed by atoms with van der Waals surface area (Å²) >= 11 is 0. The average molecular weight is 280 g/mol. The number of nitrogens with one attached hydrogen (secondary N) is 1. The molecule has 0 aromatic heterocycles. The van der Waals surface area contributed by atoms with E-state index in [4.69, 9.17) is 10.00 Å². The maximum absolute atomic E-state index is 13.0. The van der Waals surface area contributed by atoms with Crippen LogP contribution in [0.1, 0.15) is 31.2 Å². The van der Waals surface area contributed by atoms with Crippen molar-refractivity contribution in [3.8, 4) is 11.8 Å². The molecule has 0 aliphatic heterocycles. The molecule has 0 atom stereocenters. The number of ether oxygens (including phenoxy) is 1. The van der Waals surface area contributed by atoms with Gasteiger partial charge in [-0.25, -0.2) is 8.78 Å². The summed E-state index contributed by atoms with van der Waals surface area (Å²) in [7, 11) is 1.75. The van der Waals surface area contributed by atoms with Crippen LogP contribution >= 0.6 is 0 Å². The Morgan fingerprint density at radius 1 is 1.40 bits per heavy atom. The molecule has 1 aromatic rings. The molecule has 5 heteroatoms. The van der Waals surface area contributed by atoms with Crippen LogP contribution in [0.3, 0.4) is 0 Å². The van der Waals surface area contributed by atoms with Crippen LogP contribution < -0.4 is 10.1 Å². The molecular weight excluding hydrogens is 262 g/mol. The smallest absolute Gasteiger partial charge is 0.248 e. The summed E-state index contributed by atoms with van der Waals surface area (Å²) in [5.74, 6) is -1.72. The van der Waals surface area contributed by atoms with Crippen molar-refractivity contribution in [3.63, 3.8) is 0 Å². The second kappa shape index (κ2) is 6.08. The maximum atomic E-state index is 13.0. The Kier molecular flexibility index (Phi) is 4.43. The third kappa shape index (κ3) is 3.60. The third-order valence-electron chi connectivity index (χ3n) is 3.70. The van der Waals surface area contributed by atoms with Crippen LogP contribution in [0.4, 0.5) is 14.5 Å². The number of halogens is 2. The van der Waals surface area contributed by atoms with Crippen molar-refractivity contribution in [1.82, 2.24) is 0 Å². The van der Waals surface area contributed by atoms with Crippen LogP contribution in [0.2, 0.25) is 0 Å². The van der Waals surface area contributed by atoms with Gasteiger partial charge < -0.3 is 10.1 Å². The van der Waals surface area contributed by atoms with Crippen LogP contribution in [0.5, 0.6) is 5.75 Å². The second-order valence-electron chi connectivity index (χ2n) is 5.18. The molecule has 1 N–H and O–H groups in total. The minimum atomic E-state index is -2.50. The Morgan fingerprint density at radius 3 is 2.70 bits per heavy atom. The number of hydrogen-bond donors (Lipinski definition) is 1. The number of alkyl halides is 2. The van der Waals surface area contributed by atoms with Crippen LogP contribution in [0.15, 0.2) is 18.2 Å². The van der Waals surface area contributed by atoms with E-state index in [0.717, 1.165) is 5.69 Å². The number of anilines is 1. The maximum Gasteiger partial charge on any atom is 0.248 e. The highest BCUT2D eigenvalue weighted by Gasteiger charge is 2.34. The zero-order valence-corrected chi connectivity index (χ0v) is 11.5. The van der Waals surface area contributed by atoms with Crippen molar-refractivity contribution in [2.75, 3.05) is 19.0 Å². The van der Waals surface area contributed by atoms with E-state index in [-0.39, 0.29) is 18.8 Å². The topological polar surface area (TPSA) is 45.0 Å². The zero-order chi connectivity index (χ0) is 14.6. The Hall–Kier alpha value is -1.83. The molecule has 0 spiro atoms. The first-order chi connectivity index (χ1) is 9.54. The molecule has 0 saturated heterocycles. The lowest BCUT2D eigenvalue weighted by atomic mass is 9.87. The van der Waals surface area contributed by atoms with Gasteiger partial charge >= 0.3 is 0 Å². The molecule has 0 radical (unpaired) electrons. The fraction of sp³-hybridized carbons (Fsp3) is 0.533. The fourth-order valence-electron chi connectivity index (χ4n) is 2.40. The van der Waals surface area contributed by atoms with E-state index in [1.165, 1.54) is 0 Å². The summed E-state index contributed by atoms with van der Waals surface area (Å²) in [6.07, 6.45) is 0.881.